The predicted octanol–water partition coefficient (Wildman–Crippen LogP) is 9.41. The lowest BCUT2D eigenvalue weighted by Crippen LogP contribution is -2.87. The molecule has 6 aromatic carbocycles. The van der Waals surface area contributed by atoms with E-state index >= 15 is 0 Å². The van der Waals surface area contributed by atoms with Crippen molar-refractivity contribution >= 4 is 54.4 Å². The van der Waals surface area contributed by atoms with Crippen molar-refractivity contribution in [3.8, 4) is 0 Å². The molecule has 0 bridgehead atoms. The molecular weight excluding hydrogens is 651 g/mol. The maximum Gasteiger partial charge on any atom is 0.389 e. The summed E-state index contributed by atoms with van der Waals surface area (Å²) in [5.74, 6) is 0. The predicted molar refractivity (Wildman–Crippen MR) is 239 cm³/mol. The number of nitrogens with zero attached hydrogens (tertiary/aromatic N) is 3. The van der Waals surface area contributed by atoms with Crippen LogP contribution in [-0.4, -0.2) is 20.9 Å². The summed E-state index contributed by atoms with van der Waals surface area (Å²) in [6.45, 7) is 27.3. The first-order valence-corrected chi connectivity index (χ1v) is 19.6. The Balaban J connectivity index is 1.77. The molecule has 3 nitrogen and oxygen atoms in total. The second-order valence-corrected chi connectivity index (χ2v) is 15.9. The van der Waals surface area contributed by atoms with Gasteiger partial charge in [0.25, 0.3) is 0 Å². The molecule has 0 N–H and O–H groups in total. The van der Waals surface area contributed by atoms with Crippen LogP contribution in [0.25, 0.3) is 0 Å². The van der Waals surface area contributed by atoms with E-state index in [0.717, 1.165) is 0 Å². The molecule has 0 saturated carbocycles. The Hall–Kier alpha value is -5.09. The second-order valence-electron chi connectivity index (χ2n) is 15.9. The quantitative estimate of drug-likeness (QED) is 0.160. The monoisotopic (exact) mass is 705 g/mol. The Bertz CT molecular complexity index is 1990. The zero-order valence-electron chi connectivity index (χ0n) is 34.5. The zero-order chi connectivity index (χ0) is 38.6. The van der Waals surface area contributed by atoms with E-state index < -0.39 is 0 Å². The van der Waals surface area contributed by atoms with Crippen LogP contribution >= 0.6 is 0 Å². The van der Waals surface area contributed by atoms with E-state index in [2.05, 4.69) is 206 Å². The van der Waals surface area contributed by atoms with E-state index in [1.54, 1.807) is 0 Å². The largest absolute Gasteiger partial charge is 0.416 e. The lowest BCUT2D eigenvalue weighted by atomic mass is 9.35. The first-order chi connectivity index (χ1) is 25.8. The van der Waals surface area contributed by atoms with E-state index in [1.165, 1.54) is 100 Å². The van der Waals surface area contributed by atoms with Gasteiger partial charge in [0.1, 0.15) is 0 Å². The molecular formula is C48H54B3N3. The molecule has 0 spiro atoms. The van der Waals surface area contributed by atoms with Gasteiger partial charge in [-0.05, 0) is 203 Å². The molecule has 1 saturated heterocycles. The van der Waals surface area contributed by atoms with Crippen molar-refractivity contribution in [2.75, 3.05) is 14.2 Å². The summed E-state index contributed by atoms with van der Waals surface area (Å²) in [5.41, 5.74) is 23.7. The van der Waals surface area contributed by atoms with Crippen molar-refractivity contribution in [3.05, 3.63) is 176 Å². The molecule has 1 fully saturated rings. The number of para-hydroxylation sites is 3. The number of rotatable bonds is 6. The minimum atomic E-state index is -0.164. The van der Waals surface area contributed by atoms with Gasteiger partial charge in [-0.15, -0.1) is 0 Å². The fourth-order valence-electron chi connectivity index (χ4n) is 9.19. The fraction of sp³-hybridized carbons (Fsp3) is 0.250. The lowest BCUT2D eigenvalue weighted by molar-refractivity contribution is 1.21. The Labute approximate surface area is 326 Å². The van der Waals surface area contributed by atoms with Crippen molar-refractivity contribution in [3.63, 3.8) is 0 Å². The number of anilines is 3. The third-order valence-corrected chi connectivity index (χ3v) is 12.8. The highest BCUT2D eigenvalue weighted by atomic mass is 15.3. The summed E-state index contributed by atoms with van der Waals surface area (Å²) in [6.07, 6.45) is 0. The van der Waals surface area contributed by atoms with Crippen LogP contribution in [-0.2, 0) is 0 Å². The van der Waals surface area contributed by atoms with E-state index in [4.69, 9.17) is 0 Å². The summed E-state index contributed by atoms with van der Waals surface area (Å²) < 4.78 is 8.27. The van der Waals surface area contributed by atoms with Gasteiger partial charge in [-0.1, -0.05) is 72.8 Å². The number of hydrogen-bond donors (Lipinski definition) is 0. The molecule has 0 unspecified atom stereocenters. The Kier molecular flexibility index (Phi) is 10.1. The minimum Gasteiger partial charge on any atom is -0.416 e. The van der Waals surface area contributed by atoms with Crippen molar-refractivity contribution in [1.29, 1.82) is 0 Å². The molecule has 54 heavy (non-hydrogen) atoms. The van der Waals surface area contributed by atoms with Crippen molar-refractivity contribution in [1.82, 2.24) is 0 Å². The number of aryl methyl sites for hydroxylation is 6. The van der Waals surface area contributed by atoms with Crippen LogP contribution in [0.3, 0.4) is 0 Å². The highest BCUT2D eigenvalue weighted by Gasteiger charge is 2.58. The normalized spacial score (nSPS) is 13.3. The molecule has 0 amide bonds. The molecule has 7 rings (SSSR count). The van der Waals surface area contributed by atoms with Crippen LogP contribution in [0, 0.1) is 83.1 Å². The molecule has 0 aliphatic carbocycles. The summed E-state index contributed by atoms with van der Waals surface area (Å²) in [5, 5.41) is 0. The van der Waals surface area contributed by atoms with E-state index in [0.29, 0.717) is 0 Å². The zero-order valence-corrected chi connectivity index (χ0v) is 34.5. The summed E-state index contributed by atoms with van der Waals surface area (Å²) in [7, 11) is 0. The third kappa shape index (κ3) is 6.14. The highest BCUT2D eigenvalue weighted by Crippen LogP contribution is 2.36. The van der Waals surface area contributed by atoms with Gasteiger partial charge in [0.05, 0.1) is 0 Å². The molecule has 6 heteroatoms. The molecule has 1 heterocycles. The smallest absolute Gasteiger partial charge is 0.389 e. The average molecular weight is 705 g/mol. The fourth-order valence-corrected chi connectivity index (χ4v) is 9.19. The Morgan fingerprint density at radius 1 is 0.278 bits per heavy atom. The maximum absolute atomic E-state index is 2.76. The van der Waals surface area contributed by atoms with Crippen LogP contribution in [0.5, 0.6) is 0 Å². The van der Waals surface area contributed by atoms with Crippen LogP contribution in [0.15, 0.2) is 109 Å². The molecule has 6 aromatic rings. The van der Waals surface area contributed by atoms with Gasteiger partial charge in [-0.25, -0.2) is 0 Å². The van der Waals surface area contributed by atoms with Crippen LogP contribution < -0.4 is 30.6 Å². The van der Waals surface area contributed by atoms with Crippen LogP contribution in [0.4, 0.5) is 17.1 Å². The topological polar surface area (TPSA) is 9.72 Å². The molecule has 0 atom stereocenters. The van der Waals surface area contributed by atoms with Gasteiger partial charge in [0, 0.05) is 17.1 Å². The first kappa shape index (κ1) is 37.2. The Morgan fingerprint density at radius 3 is 0.648 bits per heavy atom. The molecule has 0 radical (unpaired) electrons. The van der Waals surface area contributed by atoms with Crippen LogP contribution in [0.2, 0.25) is 0 Å². The maximum atomic E-state index is 2.76. The SMILES string of the molecule is Cc1cc(C)c(C)c(B2N(c3ccccc3)B(c3c(C)c(C)cc(C)c3C)N(c3ccccc3)B(c3c(C)c(C)cc(C)c3C)N2c2ccccc2)c1C. The van der Waals surface area contributed by atoms with Gasteiger partial charge in [0.2, 0.25) is 0 Å². The van der Waals surface area contributed by atoms with Crippen molar-refractivity contribution in [2.45, 2.75) is 83.1 Å². The second kappa shape index (κ2) is 14.6. The van der Waals surface area contributed by atoms with Crippen molar-refractivity contribution in [2.24, 2.45) is 0 Å². The van der Waals surface area contributed by atoms with Gasteiger partial charge >= 0.3 is 20.9 Å². The number of benzene rings is 6. The number of hydrogen-bond acceptors (Lipinski definition) is 3. The molecule has 1 aliphatic heterocycles. The summed E-state index contributed by atoms with van der Waals surface area (Å²) in [4.78, 5) is 0. The van der Waals surface area contributed by atoms with Gasteiger partial charge < -0.3 is 14.2 Å². The molecule has 270 valence electrons. The van der Waals surface area contributed by atoms with E-state index in [-0.39, 0.29) is 20.9 Å². The average Bonchev–Trinajstić information content (AvgIpc) is 3.17. The van der Waals surface area contributed by atoms with E-state index in [9.17, 15) is 0 Å². The molecule has 1 aliphatic rings. The summed E-state index contributed by atoms with van der Waals surface area (Å²) in [6, 6.07) is 40.7. The van der Waals surface area contributed by atoms with Gasteiger partial charge in [-0.2, -0.15) is 0 Å². The van der Waals surface area contributed by atoms with Gasteiger partial charge in [0.15, 0.2) is 0 Å². The Morgan fingerprint density at radius 2 is 0.463 bits per heavy atom. The third-order valence-electron chi connectivity index (χ3n) is 12.8. The van der Waals surface area contributed by atoms with E-state index in [1.807, 2.05) is 0 Å². The van der Waals surface area contributed by atoms with Crippen molar-refractivity contribution < 1.29 is 0 Å². The highest BCUT2D eigenvalue weighted by molar-refractivity contribution is 7.15. The molecule has 0 aromatic heterocycles. The van der Waals surface area contributed by atoms with Gasteiger partial charge in [-0.3, -0.25) is 0 Å². The summed E-state index contributed by atoms with van der Waals surface area (Å²) >= 11 is 0. The standard InChI is InChI=1S/C48H54B3N3/c1-31-28-32(2)38(8)46(37(31)7)49-52(43-22-16-13-17-23-43)50(47-39(9)33(3)29-34(4)40(47)10)54(45-26-20-15-21-27-45)51(53(49)44-24-18-14-19-25-44)48-41(11)35(5)30-36(6)42(48)12/h13-30H,1-12H3. The van der Waals surface area contributed by atoms with Crippen LogP contribution in [0.1, 0.15) is 66.8 Å². The minimum absolute atomic E-state index is 0.164. The lowest BCUT2D eigenvalue weighted by Gasteiger charge is -2.58. The first-order valence-electron chi connectivity index (χ1n) is 19.6.